The van der Waals surface area contributed by atoms with Crippen molar-refractivity contribution in [3.8, 4) is 0 Å². The third kappa shape index (κ3) is 10.4. The molecule has 0 saturated heterocycles. The van der Waals surface area contributed by atoms with Crippen LogP contribution in [0.4, 0.5) is 36.4 Å². The Labute approximate surface area is 255 Å². The Balaban J connectivity index is 0.000000860. The smallest absolute Gasteiger partial charge is 0.475 e. The monoisotopic (exact) mass is 666 g/mol. The Morgan fingerprint density at radius 3 is 1.61 bits per heavy atom. The van der Waals surface area contributed by atoms with Gasteiger partial charge in [-0.1, -0.05) is 23.2 Å². The second kappa shape index (κ2) is 15.0. The van der Waals surface area contributed by atoms with E-state index in [0.29, 0.717) is 6.54 Å². The molecule has 0 atom stereocenters. The molecule has 23 heteroatoms. The maximum Gasteiger partial charge on any atom is 0.490 e. The molecule has 240 valence electrons. The number of aromatic nitrogens is 4. The summed E-state index contributed by atoms with van der Waals surface area (Å²) in [6.07, 6.45) is -2.08. The van der Waals surface area contributed by atoms with Crippen LogP contribution in [0.3, 0.4) is 0 Å². The molecule has 1 fully saturated rings. The summed E-state index contributed by atoms with van der Waals surface area (Å²) in [6.45, 7) is 0.444. The Morgan fingerprint density at radius 2 is 1.20 bits per heavy atom. The number of rotatable bonds is 5. The van der Waals surface area contributed by atoms with Gasteiger partial charge in [0, 0.05) is 12.6 Å². The number of alkyl halides is 3. The summed E-state index contributed by atoms with van der Waals surface area (Å²) < 4.78 is 31.7. The molecule has 2 aromatic heterocycles. The van der Waals surface area contributed by atoms with Crippen LogP contribution in [0.1, 0.15) is 46.7 Å². The van der Waals surface area contributed by atoms with Gasteiger partial charge in [0.05, 0.1) is 0 Å². The molecule has 1 aliphatic rings. The van der Waals surface area contributed by atoms with Crippen LogP contribution in [-0.4, -0.2) is 73.5 Å². The summed E-state index contributed by atoms with van der Waals surface area (Å²) in [5.41, 5.74) is 21.8. The van der Waals surface area contributed by atoms with Gasteiger partial charge in [-0.15, -0.1) is 0 Å². The maximum atomic E-state index is 12.3. The zero-order chi connectivity index (χ0) is 33.4. The van der Waals surface area contributed by atoms with Crippen molar-refractivity contribution >= 4 is 76.2 Å². The van der Waals surface area contributed by atoms with E-state index in [1.54, 1.807) is 0 Å². The average molecular weight is 667 g/mol. The number of hydrogen-bond acceptors (Lipinski definition) is 13. The molecular weight excluding hydrogens is 640 g/mol. The first-order chi connectivity index (χ1) is 20.4. The number of carbonyl (C=O) groups excluding carboxylic acids is 2. The van der Waals surface area contributed by atoms with Gasteiger partial charge in [0.1, 0.15) is 0 Å². The number of anilines is 4. The van der Waals surface area contributed by atoms with Crippen molar-refractivity contribution < 1.29 is 32.7 Å². The van der Waals surface area contributed by atoms with Crippen molar-refractivity contribution in [1.29, 1.82) is 10.8 Å². The summed E-state index contributed by atoms with van der Waals surface area (Å²) in [4.78, 5) is 48.6. The number of carboxylic acid groups (broad SMARTS) is 1. The molecule has 0 aromatic carbocycles. The molecule has 15 N–H and O–H groups in total. The highest BCUT2D eigenvalue weighted by molar-refractivity contribution is 6.32. The fraction of sp³-hybridized carbons (Fsp3) is 0.381. The molecule has 2 amide bonds. The molecule has 44 heavy (non-hydrogen) atoms. The first-order valence-electron chi connectivity index (χ1n) is 12.2. The van der Waals surface area contributed by atoms with Crippen LogP contribution in [0.15, 0.2) is 0 Å². The third-order valence-electron chi connectivity index (χ3n) is 5.72. The lowest BCUT2D eigenvalue weighted by atomic mass is 9.86. The van der Waals surface area contributed by atoms with Gasteiger partial charge in [0.2, 0.25) is 0 Å². The molecule has 3 rings (SSSR count). The summed E-state index contributed by atoms with van der Waals surface area (Å²) in [7, 11) is 0. The van der Waals surface area contributed by atoms with Crippen LogP contribution in [0, 0.1) is 16.7 Å². The van der Waals surface area contributed by atoms with E-state index in [-0.39, 0.29) is 68.8 Å². The normalized spacial score (nSPS) is 16.0. The highest BCUT2D eigenvalue weighted by Gasteiger charge is 2.38. The van der Waals surface area contributed by atoms with Gasteiger partial charge in [-0.05, 0) is 31.6 Å². The fourth-order valence-corrected chi connectivity index (χ4v) is 3.86. The number of guanidine groups is 2. The molecule has 2 aromatic rings. The Morgan fingerprint density at radius 1 is 0.795 bits per heavy atom. The number of nitrogens with two attached hydrogens (primary N) is 4. The minimum Gasteiger partial charge on any atom is -0.475 e. The molecular formula is C21H27Cl2F3N14O4. The largest absolute Gasteiger partial charge is 0.490 e. The number of hydrogen-bond donors (Lipinski definition) is 11. The SMILES string of the molecule is N=C(NCC1CCC(NC(=N)NC(=O)c2nc(Cl)c(N)nc2N)CC1)NC(=O)c1nc(Cl)c(N)nc1N.O=C(O)C(F)(F)F. The van der Waals surface area contributed by atoms with Crippen molar-refractivity contribution in [3.63, 3.8) is 0 Å². The first-order valence-corrected chi connectivity index (χ1v) is 12.9. The molecule has 2 heterocycles. The summed E-state index contributed by atoms with van der Waals surface area (Å²) in [5.74, 6) is -5.05. The van der Waals surface area contributed by atoms with E-state index in [0.717, 1.165) is 25.7 Å². The lowest BCUT2D eigenvalue weighted by molar-refractivity contribution is -0.192. The molecule has 0 aliphatic heterocycles. The van der Waals surface area contributed by atoms with E-state index in [4.69, 9.17) is 66.9 Å². The summed E-state index contributed by atoms with van der Waals surface area (Å²) in [6, 6.07) is -0.0431. The highest BCUT2D eigenvalue weighted by atomic mass is 35.5. The van der Waals surface area contributed by atoms with E-state index < -0.39 is 24.0 Å². The molecule has 0 radical (unpaired) electrons. The van der Waals surface area contributed by atoms with E-state index in [1.807, 2.05) is 0 Å². The lowest BCUT2D eigenvalue weighted by Crippen LogP contribution is -2.47. The van der Waals surface area contributed by atoms with E-state index in [2.05, 4.69) is 41.2 Å². The van der Waals surface area contributed by atoms with Gasteiger partial charge >= 0.3 is 12.1 Å². The van der Waals surface area contributed by atoms with Crippen LogP contribution in [0.2, 0.25) is 10.3 Å². The van der Waals surface area contributed by atoms with Crippen LogP contribution < -0.4 is 44.2 Å². The second-order valence-electron chi connectivity index (χ2n) is 8.97. The maximum absolute atomic E-state index is 12.3. The highest BCUT2D eigenvalue weighted by Crippen LogP contribution is 2.24. The number of aliphatic carboxylic acids is 1. The number of nitrogens with one attached hydrogen (secondary N) is 6. The quantitative estimate of drug-likeness (QED) is 0.151. The van der Waals surface area contributed by atoms with Gasteiger partial charge in [0.25, 0.3) is 11.8 Å². The van der Waals surface area contributed by atoms with E-state index in [9.17, 15) is 22.8 Å². The topological polar surface area (TPSA) is 323 Å². The zero-order valence-electron chi connectivity index (χ0n) is 22.4. The van der Waals surface area contributed by atoms with E-state index in [1.165, 1.54) is 0 Å². The Hall–Kier alpha value is -4.92. The predicted octanol–water partition coefficient (Wildman–Crippen LogP) is 0.303. The minimum atomic E-state index is -5.08. The fourth-order valence-electron chi connectivity index (χ4n) is 3.60. The van der Waals surface area contributed by atoms with Crippen LogP contribution >= 0.6 is 23.2 Å². The zero-order valence-corrected chi connectivity index (χ0v) is 23.9. The van der Waals surface area contributed by atoms with Gasteiger partial charge in [-0.2, -0.15) is 13.2 Å². The van der Waals surface area contributed by atoms with Crippen LogP contribution in [0.5, 0.6) is 0 Å². The van der Waals surface area contributed by atoms with Gasteiger partial charge in [0.15, 0.2) is 56.9 Å². The van der Waals surface area contributed by atoms with Crippen molar-refractivity contribution in [2.24, 2.45) is 5.92 Å². The molecule has 18 nitrogen and oxygen atoms in total. The van der Waals surface area contributed by atoms with Crippen molar-refractivity contribution in [2.45, 2.75) is 37.9 Å². The Bertz CT molecular complexity index is 1440. The molecule has 0 unspecified atom stereocenters. The number of carboxylic acids is 1. The third-order valence-corrected chi connectivity index (χ3v) is 6.28. The van der Waals surface area contributed by atoms with Gasteiger partial charge < -0.3 is 38.7 Å². The molecule has 0 bridgehead atoms. The lowest BCUT2D eigenvalue weighted by Gasteiger charge is -2.30. The van der Waals surface area contributed by atoms with Crippen LogP contribution in [-0.2, 0) is 4.79 Å². The first kappa shape index (κ1) is 35.3. The molecule has 0 spiro atoms. The standard InChI is InChI=1S/C19H26Cl2N14O2.C2HF3O2/c20-10-14(24)32-12(22)8(30-10)16(36)34-18(26)28-5-6-1-3-7(4-2-6)29-19(27)35-17(37)9-13(23)33-15(25)11(21)31-9;3-2(4,5)1(6)7/h6-7H,1-5H2,(H4,22,24,32)(H4,23,25,33)(H3,26,28,34,36)(H3,27,29,35,37);(H,6,7). The summed E-state index contributed by atoms with van der Waals surface area (Å²) >= 11 is 11.6. The number of amides is 2. The number of nitrogen functional groups attached to an aromatic ring is 4. The van der Waals surface area contributed by atoms with Gasteiger partial charge in [-0.3, -0.25) is 31.0 Å². The second-order valence-corrected chi connectivity index (χ2v) is 9.69. The van der Waals surface area contributed by atoms with E-state index >= 15 is 0 Å². The summed E-state index contributed by atoms with van der Waals surface area (Å²) in [5, 5.41) is 33.3. The number of nitrogens with zero attached hydrogens (tertiary/aromatic N) is 4. The van der Waals surface area contributed by atoms with Crippen LogP contribution in [0.25, 0.3) is 0 Å². The van der Waals surface area contributed by atoms with Crippen molar-refractivity contribution in [2.75, 3.05) is 29.5 Å². The van der Waals surface area contributed by atoms with Crippen molar-refractivity contribution in [1.82, 2.24) is 41.2 Å². The molecule has 1 saturated carbocycles. The predicted molar refractivity (Wildman–Crippen MR) is 153 cm³/mol. The van der Waals surface area contributed by atoms with Crippen molar-refractivity contribution in [3.05, 3.63) is 21.7 Å². The number of carbonyl (C=O) groups is 3. The molecule has 1 aliphatic carbocycles. The minimum absolute atomic E-state index is 0.0431. The number of halogens is 5. The average Bonchev–Trinajstić information content (AvgIpc) is 2.92. The van der Waals surface area contributed by atoms with Gasteiger partial charge in [-0.25, -0.2) is 24.7 Å². The Kier molecular flexibility index (Phi) is 12.0.